The summed E-state index contributed by atoms with van der Waals surface area (Å²) in [5, 5.41) is 10.6. The van der Waals surface area contributed by atoms with Crippen molar-refractivity contribution in [3.8, 4) is 11.1 Å². The monoisotopic (exact) mass is 273 g/mol. The number of nitrogens with one attached hydrogen (secondary N) is 1. The molecule has 19 heavy (non-hydrogen) atoms. The van der Waals surface area contributed by atoms with Gasteiger partial charge in [0.2, 0.25) is 0 Å². The van der Waals surface area contributed by atoms with Crippen LogP contribution in [0.1, 0.15) is 0 Å². The van der Waals surface area contributed by atoms with Crippen molar-refractivity contribution in [3.63, 3.8) is 0 Å². The predicted molar refractivity (Wildman–Crippen MR) is 72.4 cm³/mol. The highest BCUT2D eigenvalue weighted by molar-refractivity contribution is 7.90. The molecule has 0 aliphatic carbocycles. The van der Waals surface area contributed by atoms with Crippen LogP contribution in [0.5, 0.6) is 0 Å². The van der Waals surface area contributed by atoms with E-state index >= 15 is 0 Å². The molecule has 6 heteroatoms. The highest BCUT2D eigenvalue weighted by Crippen LogP contribution is 2.23. The fourth-order valence-electron chi connectivity index (χ4n) is 1.91. The molecule has 0 atom stereocenters. The first kappa shape index (κ1) is 11.9. The Balaban J connectivity index is 2.06. The molecule has 0 aliphatic rings. The summed E-state index contributed by atoms with van der Waals surface area (Å²) >= 11 is 0. The van der Waals surface area contributed by atoms with Crippen LogP contribution in [0.25, 0.3) is 22.2 Å². The minimum atomic E-state index is -3.15. The van der Waals surface area contributed by atoms with Gasteiger partial charge in [0, 0.05) is 6.26 Å². The van der Waals surface area contributed by atoms with Gasteiger partial charge in [0.1, 0.15) is 11.0 Å². The molecular formula is C13H11N3O2S. The summed E-state index contributed by atoms with van der Waals surface area (Å²) in [6.07, 6.45) is 1.20. The number of hydrogen-bond acceptors (Lipinski definition) is 4. The molecule has 3 aromatic rings. The van der Waals surface area contributed by atoms with Crippen molar-refractivity contribution in [1.29, 1.82) is 0 Å². The van der Waals surface area contributed by atoms with E-state index in [2.05, 4.69) is 15.4 Å². The molecule has 96 valence electrons. The number of hydrogen-bond donors (Lipinski definition) is 1. The van der Waals surface area contributed by atoms with E-state index in [-0.39, 0.29) is 0 Å². The molecule has 0 saturated carbocycles. The first-order valence-corrected chi connectivity index (χ1v) is 7.54. The van der Waals surface area contributed by atoms with Crippen molar-refractivity contribution in [2.24, 2.45) is 0 Å². The zero-order valence-corrected chi connectivity index (χ0v) is 11.0. The fourth-order valence-corrected chi connectivity index (χ4v) is 2.54. The van der Waals surface area contributed by atoms with Gasteiger partial charge >= 0.3 is 0 Å². The highest BCUT2D eigenvalue weighted by Gasteiger charge is 2.07. The smallest absolute Gasteiger partial charge is 0.175 e. The van der Waals surface area contributed by atoms with Crippen LogP contribution in [0.15, 0.2) is 47.4 Å². The van der Waals surface area contributed by atoms with Crippen molar-refractivity contribution >= 4 is 20.9 Å². The van der Waals surface area contributed by atoms with Crippen LogP contribution >= 0.6 is 0 Å². The zero-order chi connectivity index (χ0) is 13.5. The quantitative estimate of drug-likeness (QED) is 0.775. The molecule has 3 rings (SSSR count). The van der Waals surface area contributed by atoms with Gasteiger partial charge in [-0.2, -0.15) is 15.4 Å². The number of aromatic nitrogens is 3. The van der Waals surface area contributed by atoms with Crippen molar-refractivity contribution in [2.45, 2.75) is 4.90 Å². The van der Waals surface area contributed by atoms with E-state index in [1.807, 2.05) is 18.2 Å². The number of benzene rings is 2. The molecule has 0 bridgehead atoms. The van der Waals surface area contributed by atoms with Gasteiger partial charge in [0.15, 0.2) is 9.84 Å². The molecule has 0 amide bonds. The maximum atomic E-state index is 11.4. The van der Waals surface area contributed by atoms with E-state index in [0.717, 1.165) is 22.2 Å². The Morgan fingerprint density at radius 1 is 0.895 bits per heavy atom. The van der Waals surface area contributed by atoms with E-state index in [4.69, 9.17) is 0 Å². The Morgan fingerprint density at radius 3 is 2.21 bits per heavy atom. The van der Waals surface area contributed by atoms with Crippen molar-refractivity contribution in [1.82, 2.24) is 15.4 Å². The second kappa shape index (κ2) is 4.17. The summed E-state index contributed by atoms with van der Waals surface area (Å²) in [4.78, 5) is 0.318. The lowest BCUT2D eigenvalue weighted by atomic mass is 10.1. The number of aromatic amines is 1. The molecule has 0 spiro atoms. The number of fused-ring (bicyclic) bond motifs is 1. The zero-order valence-electron chi connectivity index (χ0n) is 10.2. The Hall–Kier alpha value is -2.21. The number of H-pyrrole nitrogens is 1. The van der Waals surface area contributed by atoms with Crippen LogP contribution in [0.2, 0.25) is 0 Å². The average Bonchev–Trinajstić information content (AvgIpc) is 2.85. The van der Waals surface area contributed by atoms with Crippen LogP contribution < -0.4 is 0 Å². The van der Waals surface area contributed by atoms with E-state index in [9.17, 15) is 8.42 Å². The average molecular weight is 273 g/mol. The van der Waals surface area contributed by atoms with Crippen molar-refractivity contribution < 1.29 is 8.42 Å². The third-order valence-corrected chi connectivity index (χ3v) is 4.06. The Labute approximate surface area is 110 Å². The van der Waals surface area contributed by atoms with Crippen LogP contribution in [-0.4, -0.2) is 30.1 Å². The van der Waals surface area contributed by atoms with Gasteiger partial charge in [0.05, 0.1) is 4.90 Å². The van der Waals surface area contributed by atoms with E-state index in [0.29, 0.717) is 4.90 Å². The third-order valence-electron chi connectivity index (χ3n) is 2.93. The molecule has 0 radical (unpaired) electrons. The molecule has 1 heterocycles. The SMILES string of the molecule is CS(=O)(=O)c1ccc(-c2ccc3n[nH]nc3c2)cc1. The second-order valence-corrected chi connectivity index (χ2v) is 6.34. The topological polar surface area (TPSA) is 75.7 Å². The van der Waals surface area contributed by atoms with Crippen LogP contribution in [0.4, 0.5) is 0 Å². The first-order valence-electron chi connectivity index (χ1n) is 5.65. The summed E-state index contributed by atoms with van der Waals surface area (Å²) in [7, 11) is -3.15. The van der Waals surface area contributed by atoms with E-state index < -0.39 is 9.84 Å². The van der Waals surface area contributed by atoms with Crippen LogP contribution in [0, 0.1) is 0 Å². The number of rotatable bonds is 2. The van der Waals surface area contributed by atoms with Crippen molar-refractivity contribution in [2.75, 3.05) is 6.26 Å². The fraction of sp³-hybridized carbons (Fsp3) is 0.0769. The molecule has 0 unspecified atom stereocenters. The largest absolute Gasteiger partial charge is 0.224 e. The molecule has 2 aromatic carbocycles. The third kappa shape index (κ3) is 2.22. The summed E-state index contributed by atoms with van der Waals surface area (Å²) < 4.78 is 22.8. The van der Waals surface area contributed by atoms with Gasteiger partial charge in [0.25, 0.3) is 0 Å². The van der Waals surface area contributed by atoms with Gasteiger partial charge in [-0.25, -0.2) is 8.42 Å². The lowest BCUT2D eigenvalue weighted by molar-refractivity contribution is 0.602. The summed E-state index contributed by atoms with van der Waals surface area (Å²) in [5.41, 5.74) is 3.50. The molecule has 1 N–H and O–H groups in total. The molecule has 5 nitrogen and oxygen atoms in total. The molecule has 1 aromatic heterocycles. The van der Waals surface area contributed by atoms with Gasteiger partial charge in [-0.15, -0.1) is 0 Å². The van der Waals surface area contributed by atoms with Crippen LogP contribution in [0.3, 0.4) is 0 Å². The maximum Gasteiger partial charge on any atom is 0.175 e. The predicted octanol–water partition coefficient (Wildman–Crippen LogP) is 2.03. The number of nitrogens with zero attached hydrogens (tertiary/aromatic N) is 2. The van der Waals surface area contributed by atoms with Gasteiger partial charge in [-0.05, 0) is 35.4 Å². The van der Waals surface area contributed by atoms with Gasteiger partial charge in [-0.3, -0.25) is 0 Å². The van der Waals surface area contributed by atoms with Gasteiger partial charge < -0.3 is 0 Å². The van der Waals surface area contributed by atoms with Gasteiger partial charge in [-0.1, -0.05) is 18.2 Å². The van der Waals surface area contributed by atoms with Crippen LogP contribution in [-0.2, 0) is 9.84 Å². The summed E-state index contributed by atoms with van der Waals surface area (Å²) in [6, 6.07) is 12.5. The first-order chi connectivity index (χ1) is 9.04. The number of sulfone groups is 1. The summed E-state index contributed by atoms with van der Waals surface area (Å²) in [6.45, 7) is 0. The normalized spacial score (nSPS) is 11.8. The Morgan fingerprint density at radius 2 is 1.53 bits per heavy atom. The molecule has 0 fully saturated rings. The maximum absolute atomic E-state index is 11.4. The molecule has 0 saturated heterocycles. The Bertz CT molecular complexity index is 836. The molecular weight excluding hydrogens is 262 g/mol. The lowest BCUT2D eigenvalue weighted by Crippen LogP contribution is -1.96. The van der Waals surface area contributed by atoms with E-state index in [1.54, 1.807) is 24.3 Å². The highest BCUT2D eigenvalue weighted by atomic mass is 32.2. The standard InChI is InChI=1S/C13H11N3O2S/c1-19(17,18)11-5-2-9(3-6-11)10-4-7-12-13(8-10)15-16-14-12/h2-8H,1H3,(H,14,15,16). The van der Waals surface area contributed by atoms with E-state index in [1.165, 1.54) is 6.26 Å². The van der Waals surface area contributed by atoms with Crippen molar-refractivity contribution in [3.05, 3.63) is 42.5 Å². The molecule has 0 aliphatic heterocycles. The Kier molecular flexibility index (Phi) is 2.60. The summed E-state index contributed by atoms with van der Waals surface area (Å²) in [5.74, 6) is 0. The lowest BCUT2D eigenvalue weighted by Gasteiger charge is -2.03. The second-order valence-electron chi connectivity index (χ2n) is 4.32. The minimum absolute atomic E-state index is 0.318. The minimum Gasteiger partial charge on any atom is -0.224 e.